The Morgan fingerprint density at radius 3 is 2.44 bits per heavy atom. The van der Waals surface area contributed by atoms with E-state index >= 15 is 0 Å². The Bertz CT molecular complexity index is 1340. The molecular formula is C30H30F2N4O3. The lowest BCUT2D eigenvalue weighted by atomic mass is 9.98. The van der Waals surface area contributed by atoms with E-state index in [0.717, 1.165) is 18.7 Å². The molecule has 202 valence electrons. The molecule has 0 N–H and O–H groups in total. The summed E-state index contributed by atoms with van der Waals surface area (Å²) in [5, 5.41) is 5.92. The van der Waals surface area contributed by atoms with Gasteiger partial charge in [-0.05, 0) is 29.8 Å². The number of ether oxygens (including phenoxy) is 1. The lowest BCUT2D eigenvalue weighted by Crippen LogP contribution is -2.46. The summed E-state index contributed by atoms with van der Waals surface area (Å²) in [7, 11) is 0. The van der Waals surface area contributed by atoms with Gasteiger partial charge in [0.15, 0.2) is 0 Å². The van der Waals surface area contributed by atoms with Crippen molar-refractivity contribution >= 4 is 17.5 Å². The summed E-state index contributed by atoms with van der Waals surface area (Å²) in [5.41, 5.74) is 1.83. The molecule has 1 fully saturated rings. The average molecular weight is 533 g/mol. The first-order valence-electron chi connectivity index (χ1n) is 13.0. The standard InChI is InChI=1S/C30H30F2N4O3/c31-24-10-6-9-23(19-24)30(38)35(14-13-34-15-17-39-18-16-34)21-29(37)36-28(22-7-2-1-3-8-22)20-27(33-36)25-11-4-5-12-26(25)32/h1-12,19,28H,13-18,20-21H2/t28-/m0/s1. The Labute approximate surface area is 226 Å². The molecule has 1 atom stereocenters. The van der Waals surface area contributed by atoms with Crippen LogP contribution in [0, 0.1) is 11.6 Å². The molecule has 2 aliphatic heterocycles. The Hall–Kier alpha value is -3.95. The molecule has 0 spiro atoms. The molecule has 1 saturated heterocycles. The van der Waals surface area contributed by atoms with E-state index in [4.69, 9.17) is 4.74 Å². The average Bonchev–Trinajstić information content (AvgIpc) is 3.41. The fraction of sp³-hybridized carbons (Fsp3) is 0.300. The number of amides is 2. The number of hydrazone groups is 1. The van der Waals surface area contributed by atoms with Gasteiger partial charge in [-0.2, -0.15) is 5.10 Å². The zero-order valence-electron chi connectivity index (χ0n) is 21.5. The van der Waals surface area contributed by atoms with E-state index in [1.807, 2.05) is 30.3 Å². The van der Waals surface area contributed by atoms with Gasteiger partial charge in [-0.15, -0.1) is 0 Å². The van der Waals surface area contributed by atoms with Crippen LogP contribution in [0.15, 0.2) is 84.0 Å². The number of benzene rings is 3. The summed E-state index contributed by atoms with van der Waals surface area (Å²) in [6.45, 7) is 3.24. The molecule has 0 bridgehead atoms. The smallest absolute Gasteiger partial charge is 0.262 e. The van der Waals surface area contributed by atoms with Crippen LogP contribution in [0.25, 0.3) is 0 Å². The zero-order valence-corrected chi connectivity index (χ0v) is 21.5. The molecule has 0 aromatic heterocycles. The van der Waals surface area contributed by atoms with Crippen LogP contribution in [-0.2, 0) is 9.53 Å². The lowest BCUT2D eigenvalue weighted by molar-refractivity contribution is -0.133. The van der Waals surface area contributed by atoms with Gasteiger partial charge in [0.05, 0.1) is 25.0 Å². The highest BCUT2D eigenvalue weighted by atomic mass is 19.1. The highest BCUT2D eigenvalue weighted by Crippen LogP contribution is 2.33. The number of carbonyl (C=O) groups excluding carboxylic acids is 2. The van der Waals surface area contributed by atoms with Crippen molar-refractivity contribution in [3.05, 3.63) is 107 Å². The number of hydrogen-bond acceptors (Lipinski definition) is 5. The minimum atomic E-state index is -0.525. The molecule has 0 unspecified atom stereocenters. The van der Waals surface area contributed by atoms with Crippen molar-refractivity contribution in [1.29, 1.82) is 0 Å². The number of hydrogen-bond donors (Lipinski definition) is 0. The van der Waals surface area contributed by atoms with Crippen LogP contribution in [0.5, 0.6) is 0 Å². The number of rotatable bonds is 8. The van der Waals surface area contributed by atoms with Crippen LogP contribution < -0.4 is 0 Å². The number of carbonyl (C=O) groups is 2. The van der Waals surface area contributed by atoms with Gasteiger partial charge in [-0.25, -0.2) is 13.8 Å². The molecule has 9 heteroatoms. The van der Waals surface area contributed by atoms with Gasteiger partial charge < -0.3 is 9.64 Å². The quantitative estimate of drug-likeness (QED) is 0.438. The summed E-state index contributed by atoms with van der Waals surface area (Å²) in [4.78, 5) is 30.8. The molecule has 0 saturated carbocycles. The van der Waals surface area contributed by atoms with E-state index in [9.17, 15) is 18.4 Å². The van der Waals surface area contributed by atoms with Crippen molar-refractivity contribution < 1.29 is 23.1 Å². The van der Waals surface area contributed by atoms with Crippen molar-refractivity contribution in [2.24, 2.45) is 5.10 Å². The second-order valence-corrected chi connectivity index (χ2v) is 9.59. The molecule has 39 heavy (non-hydrogen) atoms. The fourth-order valence-corrected chi connectivity index (χ4v) is 4.91. The Morgan fingerprint density at radius 1 is 0.949 bits per heavy atom. The molecule has 3 aromatic rings. The zero-order chi connectivity index (χ0) is 27.2. The Morgan fingerprint density at radius 2 is 1.69 bits per heavy atom. The number of morpholine rings is 1. The van der Waals surface area contributed by atoms with E-state index in [-0.39, 0.29) is 18.7 Å². The fourth-order valence-electron chi connectivity index (χ4n) is 4.91. The highest BCUT2D eigenvalue weighted by molar-refractivity contribution is 6.04. The number of nitrogens with zero attached hydrogens (tertiary/aromatic N) is 4. The largest absolute Gasteiger partial charge is 0.379 e. The molecule has 2 aliphatic rings. The summed E-state index contributed by atoms with van der Waals surface area (Å²) >= 11 is 0. The molecule has 2 heterocycles. The third-order valence-electron chi connectivity index (χ3n) is 7.01. The lowest BCUT2D eigenvalue weighted by Gasteiger charge is -2.31. The number of halogens is 2. The van der Waals surface area contributed by atoms with Crippen molar-refractivity contribution in [2.75, 3.05) is 45.9 Å². The van der Waals surface area contributed by atoms with Crippen molar-refractivity contribution in [2.45, 2.75) is 12.5 Å². The first kappa shape index (κ1) is 26.6. The van der Waals surface area contributed by atoms with Gasteiger partial charge in [-0.1, -0.05) is 54.6 Å². The SMILES string of the molecule is O=C(c1cccc(F)c1)N(CCN1CCOCC1)CC(=O)N1N=C(c2ccccc2F)C[C@H]1c1ccccc1. The summed E-state index contributed by atoms with van der Waals surface area (Å²) in [5.74, 6) is -1.78. The van der Waals surface area contributed by atoms with Gasteiger partial charge >= 0.3 is 0 Å². The predicted octanol–water partition coefficient (Wildman–Crippen LogP) is 4.12. The van der Waals surface area contributed by atoms with E-state index in [2.05, 4.69) is 10.0 Å². The molecule has 5 rings (SSSR count). The van der Waals surface area contributed by atoms with Gasteiger partial charge in [0.2, 0.25) is 0 Å². The molecule has 0 radical (unpaired) electrons. The van der Waals surface area contributed by atoms with Crippen LogP contribution in [0.1, 0.15) is 33.9 Å². The predicted molar refractivity (Wildman–Crippen MR) is 143 cm³/mol. The van der Waals surface area contributed by atoms with Crippen LogP contribution >= 0.6 is 0 Å². The van der Waals surface area contributed by atoms with Crippen LogP contribution in [-0.4, -0.2) is 78.3 Å². The van der Waals surface area contributed by atoms with Gasteiger partial charge in [0.25, 0.3) is 11.8 Å². The van der Waals surface area contributed by atoms with Crippen molar-refractivity contribution in [3.8, 4) is 0 Å². The van der Waals surface area contributed by atoms with E-state index in [1.165, 1.54) is 40.2 Å². The molecule has 3 aromatic carbocycles. The summed E-state index contributed by atoms with van der Waals surface area (Å²) < 4.78 is 34.0. The first-order chi connectivity index (χ1) is 19.0. The van der Waals surface area contributed by atoms with E-state index in [1.54, 1.807) is 18.2 Å². The van der Waals surface area contributed by atoms with Crippen molar-refractivity contribution in [3.63, 3.8) is 0 Å². The monoisotopic (exact) mass is 532 g/mol. The second-order valence-electron chi connectivity index (χ2n) is 9.59. The third kappa shape index (κ3) is 6.38. The Balaban J connectivity index is 1.41. The molecule has 2 amide bonds. The van der Waals surface area contributed by atoms with Gasteiger partial charge in [0, 0.05) is 43.7 Å². The molecule has 7 nitrogen and oxygen atoms in total. The van der Waals surface area contributed by atoms with Gasteiger partial charge in [-0.3, -0.25) is 14.5 Å². The maximum Gasteiger partial charge on any atom is 0.262 e. The highest BCUT2D eigenvalue weighted by Gasteiger charge is 2.35. The normalized spacial score (nSPS) is 17.6. The topological polar surface area (TPSA) is 65.5 Å². The van der Waals surface area contributed by atoms with E-state index < -0.39 is 29.5 Å². The minimum Gasteiger partial charge on any atom is -0.379 e. The second kappa shape index (κ2) is 12.3. The molecule has 0 aliphatic carbocycles. The molecular weight excluding hydrogens is 502 g/mol. The van der Waals surface area contributed by atoms with Crippen LogP contribution in [0.2, 0.25) is 0 Å². The van der Waals surface area contributed by atoms with Gasteiger partial charge in [0.1, 0.15) is 18.2 Å². The third-order valence-corrected chi connectivity index (χ3v) is 7.01. The Kier molecular flexibility index (Phi) is 8.39. The summed E-state index contributed by atoms with van der Waals surface area (Å²) in [6, 6.07) is 20.8. The van der Waals surface area contributed by atoms with Crippen LogP contribution in [0.4, 0.5) is 8.78 Å². The first-order valence-corrected chi connectivity index (χ1v) is 13.0. The van der Waals surface area contributed by atoms with E-state index in [0.29, 0.717) is 37.5 Å². The minimum absolute atomic E-state index is 0.168. The maximum atomic E-state index is 14.6. The summed E-state index contributed by atoms with van der Waals surface area (Å²) in [6.07, 6.45) is 0.336. The van der Waals surface area contributed by atoms with Crippen molar-refractivity contribution in [1.82, 2.24) is 14.8 Å². The maximum absolute atomic E-state index is 14.6. The van der Waals surface area contributed by atoms with Crippen LogP contribution in [0.3, 0.4) is 0 Å².